The number of unbranched alkanes of at least 4 members (excludes halogenated alkanes) is 21. The predicted octanol–water partition coefficient (Wildman–Crippen LogP) is 17.0. The Balaban J connectivity index is 5.31. The Labute approximate surface area is 443 Å². The first-order chi connectivity index (χ1) is 34.9. The van der Waals surface area contributed by atoms with E-state index in [1.54, 1.807) is 0 Å². The lowest BCUT2D eigenvalue weighted by Gasteiger charge is -2.30. The maximum atomic E-state index is 13.5. The van der Waals surface area contributed by atoms with Crippen molar-refractivity contribution in [1.82, 2.24) is 5.32 Å². The van der Waals surface area contributed by atoms with E-state index in [1.165, 1.54) is 64.2 Å². The van der Waals surface area contributed by atoms with Crippen LogP contribution in [0.5, 0.6) is 0 Å². The van der Waals surface area contributed by atoms with Gasteiger partial charge in [0.15, 0.2) is 0 Å². The average Bonchev–Trinajstić information content (AvgIpc) is 3.34. The summed E-state index contributed by atoms with van der Waals surface area (Å²) >= 11 is 0. The van der Waals surface area contributed by atoms with Crippen LogP contribution in [-0.2, 0) is 27.9 Å². The normalized spacial score (nSPS) is 14.5. The van der Waals surface area contributed by atoms with Crippen molar-refractivity contribution < 1.29 is 37.3 Å². The molecule has 414 valence electrons. The van der Waals surface area contributed by atoms with Crippen molar-refractivity contribution in [2.75, 3.05) is 40.9 Å². The quantitative estimate of drug-likeness (QED) is 0.0212. The number of hydrogen-bond acceptors (Lipinski definition) is 7. The van der Waals surface area contributed by atoms with Gasteiger partial charge in [-0.2, -0.15) is 0 Å². The fraction of sp³-hybridized carbons (Fsp3) is 0.710. The first-order valence-corrected chi connectivity index (χ1v) is 30.5. The van der Waals surface area contributed by atoms with E-state index >= 15 is 0 Å². The molecule has 0 aromatic rings. The summed E-state index contributed by atoms with van der Waals surface area (Å²) < 4.78 is 30.2. The van der Waals surface area contributed by atoms with E-state index < -0.39 is 26.6 Å². The number of rotatable bonds is 51. The van der Waals surface area contributed by atoms with Crippen LogP contribution in [0.4, 0.5) is 0 Å². The van der Waals surface area contributed by atoms with Crippen LogP contribution in [0.2, 0.25) is 0 Å². The van der Waals surface area contributed by atoms with Gasteiger partial charge in [0, 0.05) is 12.8 Å². The van der Waals surface area contributed by atoms with Gasteiger partial charge in [0.2, 0.25) is 5.91 Å². The van der Waals surface area contributed by atoms with Crippen molar-refractivity contribution in [2.45, 2.75) is 245 Å². The van der Waals surface area contributed by atoms with Gasteiger partial charge in [-0.25, -0.2) is 0 Å². The first-order valence-electron chi connectivity index (χ1n) is 29.0. The first kappa shape index (κ1) is 68.9. The molecular weight excluding hydrogens is 916 g/mol. The van der Waals surface area contributed by atoms with Crippen molar-refractivity contribution in [3.63, 3.8) is 0 Å². The molecule has 0 spiro atoms. The number of quaternary nitrogens is 1. The highest BCUT2D eigenvalue weighted by atomic mass is 31.2. The standard InChI is InChI=1S/C62H109N2O7P/c1-7-10-13-16-19-22-25-27-29-30-31-32-33-34-35-37-40-43-46-49-52-55-62(66)71-60(53-50-47-44-41-38-24-21-18-15-12-9-3)59(58-70-72(67,68)69-57-56-64(4,5)6)63-61(65)54-51-48-45-42-39-36-28-26-23-20-17-14-11-8-2/h10-11,13-14,19-20,22-23,27,29,31-32,34-35,50,53,59-60H,7-9,12,15-18,21,24-26,28,30,33,36-49,51-52,54-58H2,1-6H3,(H-,63,65,67,68)/b13-10-,14-11+,22-19-,23-20+,29-27-,32-31-,35-34-,53-50-. The molecule has 0 aromatic heterocycles. The predicted molar refractivity (Wildman–Crippen MR) is 307 cm³/mol. The molecule has 3 unspecified atom stereocenters. The third-order valence-electron chi connectivity index (χ3n) is 12.3. The third-order valence-corrected chi connectivity index (χ3v) is 13.2. The molecule has 0 bridgehead atoms. The van der Waals surface area contributed by atoms with Gasteiger partial charge in [-0.3, -0.25) is 14.2 Å². The molecule has 72 heavy (non-hydrogen) atoms. The highest BCUT2D eigenvalue weighted by Crippen LogP contribution is 2.38. The number of phosphoric acid groups is 1. The van der Waals surface area contributed by atoms with Gasteiger partial charge >= 0.3 is 5.97 Å². The van der Waals surface area contributed by atoms with Gasteiger partial charge in [-0.15, -0.1) is 0 Å². The lowest BCUT2D eigenvalue weighted by molar-refractivity contribution is -0.870. The van der Waals surface area contributed by atoms with Gasteiger partial charge in [-0.1, -0.05) is 215 Å². The number of carbonyl (C=O) groups excluding carboxylic acids is 2. The van der Waals surface area contributed by atoms with E-state index in [0.717, 1.165) is 128 Å². The van der Waals surface area contributed by atoms with E-state index in [0.29, 0.717) is 23.9 Å². The Kier molecular flexibility index (Phi) is 49.2. The van der Waals surface area contributed by atoms with Crippen LogP contribution < -0.4 is 10.2 Å². The van der Waals surface area contributed by atoms with Crippen LogP contribution in [0.3, 0.4) is 0 Å². The summed E-state index contributed by atoms with van der Waals surface area (Å²) in [5.74, 6) is -0.579. The number of likely N-dealkylation sites (N-methyl/N-ethyl adjacent to an activating group) is 1. The van der Waals surface area contributed by atoms with Gasteiger partial charge in [0.1, 0.15) is 19.3 Å². The Morgan fingerprint density at radius 3 is 1.33 bits per heavy atom. The number of nitrogens with one attached hydrogen (secondary N) is 1. The van der Waals surface area contributed by atoms with Gasteiger partial charge < -0.3 is 28.5 Å². The molecule has 0 saturated heterocycles. The van der Waals surface area contributed by atoms with Gasteiger partial charge in [-0.05, 0) is 102 Å². The molecule has 0 radical (unpaired) electrons. The Hall–Kier alpha value is -3.07. The third kappa shape index (κ3) is 51.8. The van der Waals surface area contributed by atoms with Crippen molar-refractivity contribution in [3.8, 4) is 0 Å². The molecule has 0 aliphatic carbocycles. The molecule has 0 fully saturated rings. The molecule has 1 N–H and O–H groups in total. The minimum Gasteiger partial charge on any atom is -0.756 e. The summed E-state index contributed by atoms with van der Waals surface area (Å²) in [5.41, 5.74) is 0. The van der Waals surface area contributed by atoms with Crippen LogP contribution in [0.25, 0.3) is 0 Å². The fourth-order valence-corrected chi connectivity index (χ4v) is 8.54. The number of allylic oxidation sites excluding steroid dienone is 15. The number of phosphoric ester groups is 1. The molecule has 0 aromatic carbocycles. The molecule has 0 heterocycles. The Morgan fingerprint density at radius 1 is 0.500 bits per heavy atom. The second-order valence-electron chi connectivity index (χ2n) is 20.4. The maximum absolute atomic E-state index is 13.5. The molecule has 0 aliphatic heterocycles. The number of carbonyl (C=O) groups is 2. The number of amides is 1. The van der Waals surface area contributed by atoms with Crippen molar-refractivity contribution in [1.29, 1.82) is 0 Å². The van der Waals surface area contributed by atoms with Crippen LogP contribution >= 0.6 is 7.82 Å². The summed E-state index contributed by atoms with van der Waals surface area (Å²) in [7, 11) is 1.15. The van der Waals surface area contributed by atoms with E-state index in [-0.39, 0.29) is 24.9 Å². The smallest absolute Gasteiger partial charge is 0.306 e. The largest absolute Gasteiger partial charge is 0.756 e. The summed E-state index contributed by atoms with van der Waals surface area (Å²) in [6, 6.07) is -0.905. The van der Waals surface area contributed by atoms with Gasteiger partial charge in [0.05, 0.1) is 33.8 Å². The zero-order valence-corrected chi connectivity index (χ0v) is 48.0. The van der Waals surface area contributed by atoms with Crippen LogP contribution in [0, 0.1) is 0 Å². The van der Waals surface area contributed by atoms with Crippen molar-refractivity contribution >= 4 is 19.7 Å². The number of ether oxygens (including phenoxy) is 1. The van der Waals surface area contributed by atoms with E-state index in [9.17, 15) is 19.0 Å². The SMILES string of the molecule is CC/C=C\C/C=C\C/C=C\C/C=C\C/C=C\CCCCCCCC(=O)OC(/C=C\CCCCCCCCCCC)C(COP(=O)([O-])OCC[N+](C)(C)C)NC(=O)CCCCCCCCC/C=C/C/C=C/CC. The molecule has 0 saturated carbocycles. The fourth-order valence-electron chi connectivity index (χ4n) is 7.82. The number of nitrogens with zero attached hydrogens (tertiary/aromatic N) is 1. The second kappa shape index (κ2) is 51.4. The summed E-state index contributed by atoms with van der Waals surface area (Å²) in [5, 5.41) is 3.01. The molecule has 3 atom stereocenters. The highest BCUT2D eigenvalue weighted by Gasteiger charge is 2.27. The Bertz CT molecular complexity index is 1560. The van der Waals surface area contributed by atoms with Crippen molar-refractivity contribution in [2.24, 2.45) is 0 Å². The van der Waals surface area contributed by atoms with Crippen LogP contribution in [0.15, 0.2) is 97.2 Å². The zero-order valence-electron chi connectivity index (χ0n) is 47.1. The monoisotopic (exact) mass is 1020 g/mol. The second-order valence-corrected chi connectivity index (χ2v) is 21.8. The lowest BCUT2D eigenvalue weighted by atomic mass is 10.1. The minimum atomic E-state index is -4.71. The lowest BCUT2D eigenvalue weighted by Crippen LogP contribution is -2.47. The summed E-state index contributed by atoms with van der Waals surface area (Å²) in [6.45, 7) is 6.58. The average molecular weight is 1030 g/mol. The molecule has 10 heteroatoms. The van der Waals surface area contributed by atoms with E-state index in [4.69, 9.17) is 13.8 Å². The van der Waals surface area contributed by atoms with Gasteiger partial charge in [0.25, 0.3) is 7.82 Å². The molecule has 1 amide bonds. The number of esters is 1. The molecule has 9 nitrogen and oxygen atoms in total. The topological polar surface area (TPSA) is 114 Å². The Morgan fingerprint density at radius 2 is 0.889 bits per heavy atom. The molecular formula is C62H109N2O7P. The van der Waals surface area contributed by atoms with Crippen LogP contribution in [-0.4, -0.2) is 69.4 Å². The van der Waals surface area contributed by atoms with Crippen molar-refractivity contribution in [3.05, 3.63) is 97.2 Å². The maximum Gasteiger partial charge on any atom is 0.306 e. The summed E-state index contributed by atoms with van der Waals surface area (Å²) in [4.78, 5) is 39.8. The summed E-state index contributed by atoms with van der Waals surface area (Å²) in [6.07, 6.45) is 68.0. The van der Waals surface area contributed by atoms with E-state index in [1.807, 2.05) is 33.3 Å². The molecule has 0 rings (SSSR count). The van der Waals surface area contributed by atoms with Crippen LogP contribution in [0.1, 0.15) is 233 Å². The zero-order chi connectivity index (χ0) is 52.9. The number of hydrogen-bond donors (Lipinski definition) is 1. The molecule has 0 aliphatic rings. The van der Waals surface area contributed by atoms with E-state index in [2.05, 4.69) is 111 Å². The minimum absolute atomic E-state index is 0.0320. The highest BCUT2D eigenvalue weighted by molar-refractivity contribution is 7.45.